The number of hydrogen-bond acceptors (Lipinski definition) is 1. The molecule has 0 fully saturated rings. The Morgan fingerprint density at radius 2 is 1.68 bits per heavy atom. The van der Waals surface area contributed by atoms with Gasteiger partial charge in [0.05, 0.1) is 12.7 Å². The van der Waals surface area contributed by atoms with Crippen molar-refractivity contribution in [2.75, 3.05) is 0 Å². The molecule has 0 spiro atoms. The van der Waals surface area contributed by atoms with Crippen LogP contribution in [-0.4, -0.2) is 6.10 Å². The second kappa shape index (κ2) is 9.14. The van der Waals surface area contributed by atoms with Crippen LogP contribution in [0.3, 0.4) is 0 Å². The van der Waals surface area contributed by atoms with E-state index in [2.05, 4.69) is 52.0 Å². The fourth-order valence-corrected chi connectivity index (χ4v) is 2.18. The zero-order chi connectivity index (χ0) is 14.1. The van der Waals surface area contributed by atoms with E-state index in [1.54, 1.807) is 0 Å². The van der Waals surface area contributed by atoms with Gasteiger partial charge in [0.15, 0.2) is 0 Å². The first kappa shape index (κ1) is 16.2. The Kier molecular flexibility index (Phi) is 7.81. The number of benzene rings is 1. The van der Waals surface area contributed by atoms with Crippen molar-refractivity contribution in [2.24, 2.45) is 0 Å². The van der Waals surface area contributed by atoms with Gasteiger partial charge < -0.3 is 4.74 Å². The summed E-state index contributed by atoms with van der Waals surface area (Å²) in [5.41, 5.74) is 2.72. The lowest BCUT2D eigenvalue weighted by atomic mass is 9.98. The summed E-state index contributed by atoms with van der Waals surface area (Å²) in [7, 11) is 0. The molecule has 0 bridgehead atoms. The lowest BCUT2D eigenvalue weighted by Crippen LogP contribution is -2.08. The normalized spacial score (nSPS) is 14.3. The van der Waals surface area contributed by atoms with E-state index in [1.165, 1.54) is 43.2 Å². The molecule has 0 radical (unpaired) electrons. The van der Waals surface area contributed by atoms with Gasteiger partial charge in [-0.25, -0.2) is 0 Å². The predicted octanol–water partition coefficient (Wildman–Crippen LogP) is 5.69. The van der Waals surface area contributed by atoms with Gasteiger partial charge in [-0.05, 0) is 36.8 Å². The maximum absolute atomic E-state index is 5.90. The summed E-state index contributed by atoms with van der Waals surface area (Å²) >= 11 is 0. The molecule has 0 saturated heterocycles. The minimum absolute atomic E-state index is 0.376. The Labute approximate surface area is 119 Å². The van der Waals surface area contributed by atoms with Gasteiger partial charge in [-0.2, -0.15) is 0 Å². The average molecular weight is 262 g/mol. The maximum atomic E-state index is 5.90. The minimum Gasteiger partial charge on any atom is -0.374 e. The zero-order valence-corrected chi connectivity index (χ0v) is 13.1. The smallest absolute Gasteiger partial charge is 0.0720 e. The van der Waals surface area contributed by atoms with E-state index in [0.717, 1.165) is 6.61 Å². The molecule has 0 heterocycles. The Hall–Kier alpha value is -0.820. The van der Waals surface area contributed by atoms with Crippen LogP contribution in [0.4, 0.5) is 0 Å². The number of ether oxygens (including phenoxy) is 1. The first-order chi connectivity index (χ1) is 9.17. The highest BCUT2D eigenvalue weighted by atomic mass is 16.5. The highest BCUT2D eigenvalue weighted by Gasteiger charge is 2.04. The summed E-state index contributed by atoms with van der Waals surface area (Å²) in [6.45, 7) is 9.68. The third-order valence-corrected chi connectivity index (χ3v) is 3.91. The van der Waals surface area contributed by atoms with Gasteiger partial charge in [-0.15, -0.1) is 0 Å². The summed E-state index contributed by atoms with van der Waals surface area (Å²) in [5, 5.41) is 0. The van der Waals surface area contributed by atoms with Crippen LogP contribution < -0.4 is 0 Å². The van der Waals surface area contributed by atoms with Crippen LogP contribution in [-0.2, 0) is 11.3 Å². The topological polar surface area (TPSA) is 9.23 Å². The molecular weight excluding hydrogens is 232 g/mol. The van der Waals surface area contributed by atoms with Crippen LogP contribution in [0.25, 0.3) is 0 Å². The Morgan fingerprint density at radius 1 is 1.00 bits per heavy atom. The molecule has 0 aromatic heterocycles. The first-order valence-corrected chi connectivity index (χ1v) is 7.87. The molecule has 0 saturated carbocycles. The van der Waals surface area contributed by atoms with Crippen LogP contribution >= 0.6 is 0 Å². The summed E-state index contributed by atoms with van der Waals surface area (Å²) in [4.78, 5) is 0. The van der Waals surface area contributed by atoms with Gasteiger partial charge in [0.25, 0.3) is 0 Å². The summed E-state index contributed by atoms with van der Waals surface area (Å²) < 4.78 is 5.90. The van der Waals surface area contributed by atoms with Gasteiger partial charge in [-0.3, -0.25) is 0 Å². The molecule has 2 atom stereocenters. The van der Waals surface area contributed by atoms with Crippen molar-refractivity contribution in [1.29, 1.82) is 0 Å². The summed E-state index contributed by atoms with van der Waals surface area (Å²) in [6, 6.07) is 8.91. The number of hydrogen-bond donors (Lipinski definition) is 0. The van der Waals surface area contributed by atoms with E-state index in [-0.39, 0.29) is 0 Å². The van der Waals surface area contributed by atoms with Gasteiger partial charge in [-0.1, -0.05) is 64.3 Å². The maximum Gasteiger partial charge on any atom is 0.0720 e. The van der Waals surface area contributed by atoms with Crippen molar-refractivity contribution in [3.63, 3.8) is 0 Å². The lowest BCUT2D eigenvalue weighted by Gasteiger charge is -2.14. The Balaban J connectivity index is 2.33. The van der Waals surface area contributed by atoms with E-state index in [0.29, 0.717) is 12.0 Å². The molecule has 0 aliphatic heterocycles. The van der Waals surface area contributed by atoms with Crippen molar-refractivity contribution in [3.05, 3.63) is 35.4 Å². The SMILES string of the molecule is CCCCCC(C)OCc1ccc(C(C)CC)cc1. The van der Waals surface area contributed by atoms with Gasteiger partial charge >= 0.3 is 0 Å². The second-order valence-corrected chi connectivity index (χ2v) is 5.67. The fraction of sp³-hybridized carbons (Fsp3) is 0.667. The average Bonchev–Trinajstić information content (AvgIpc) is 2.45. The molecule has 0 amide bonds. The van der Waals surface area contributed by atoms with E-state index in [4.69, 9.17) is 4.74 Å². The van der Waals surface area contributed by atoms with E-state index in [1.807, 2.05) is 0 Å². The molecular formula is C18H30O. The largest absolute Gasteiger partial charge is 0.374 e. The molecule has 2 unspecified atom stereocenters. The molecule has 0 aliphatic carbocycles. The molecule has 1 aromatic rings. The fourth-order valence-electron chi connectivity index (χ4n) is 2.18. The highest BCUT2D eigenvalue weighted by Crippen LogP contribution is 2.19. The van der Waals surface area contributed by atoms with Crippen LogP contribution in [0.1, 0.15) is 76.8 Å². The van der Waals surface area contributed by atoms with Crippen molar-refractivity contribution in [2.45, 2.75) is 78.4 Å². The van der Waals surface area contributed by atoms with Crippen molar-refractivity contribution in [1.82, 2.24) is 0 Å². The number of unbranched alkanes of at least 4 members (excludes halogenated alkanes) is 2. The Morgan fingerprint density at radius 3 is 2.26 bits per heavy atom. The molecule has 1 aromatic carbocycles. The standard InChI is InChI=1S/C18H30O/c1-5-7-8-9-16(4)19-14-17-10-12-18(13-11-17)15(3)6-2/h10-13,15-16H,5-9,14H2,1-4H3. The van der Waals surface area contributed by atoms with Crippen LogP contribution in [0.15, 0.2) is 24.3 Å². The third kappa shape index (κ3) is 6.24. The first-order valence-electron chi connectivity index (χ1n) is 7.87. The van der Waals surface area contributed by atoms with Crippen LogP contribution in [0.5, 0.6) is 0 Å². The van der Waals surface area contributed by atoms with Crippen LogP contribution in [0, 0.1) is 0 Å². The monoisotopic (exact) mass is 262 g/mol. The quantitative estimate of drug-likeness (QED) is 0.520. The van der Waals surface area contributed by atoms with Crippen molar-refractivity contribution >= 4 is 0 Å². The third-order valence-electron chi connectivity index (χ3n) is 3.91. The van der Waals surface area contributed by atoms with Crippen molar-refractivity contribution < 1.29 is 4.74 Å². The second-order valence-electron chi connectivity index (χ2n) is 5.67. The van der Waals surface area contributed by atoms with Crippen LogP contribution in [0.2, 0.25) is 0 Å². The molecule has 1 rings (SSSR count). The summed E-state index contributed by atoms with van der Waals surface area (Å²) in [5.74, 6) is 0.655. The molecule has 108 valence electrons. The molecule has 0 N–H and O–H groups in total. The number of rotatable bonds is 9. The highest BCUT2D eigenvalue weighted by molar-refractivity contribution is 5.24. The van der Waals surface area contributed by atoms with E-state index >= 15 is 0 Å². The molecule has 0 aliphatic rings. The summed E-state index contributed by atoms with van der Waals surface area (Å²) in [6.07, 6.45) is 6.63. The van der Waals surface area contributed by atoms with Crippen molar-refractivity contribution in [3.8, 4) is 0 Å². The molecule has 19 heavy (non-hydrogen) atoms. The zero-order valence-electron chi connectivity index (χ0n) is 13.1. The molecule has 1 nitrogen and oxygen atoms in total. The van der Waals surface area contributed by atoms with E-state index < -0.39 is 0 Å². The predicted molar refractivity (Wildman–Crippen MR) is 83.5 cm³/mol. The van der Waals surface area contributed by atoms with E-state index in [9.17, 15) is 0 Å². The minimum atomic E-state index is 0.376. The van der Waals surface area contributed by atoms with Gasteiger partial charge in [0.1, 0.15) is 0 Å². The lowest BCUT2D eigenvalue weighted by molar-refractivity contribution is 0.0459. The van der Waals surface area contributed by atoms with Gasteiger partial charge in [0, 0.05) is 0 Å². The Bertz CT molecular complexity index is 328. The molecule has 1 heteroatoms. The van der Waals surface area contributed by atoms with Gasteiger partial charge in [0.2, 0.25) is 0 Å².